The van der Waals surface area contributed by atoms with Crippen molar-refractivity contribution in [2.24, 2.45) is 0 Å². The second-order valence-electron chi connectivity index (χ2n) is 3.99. The minimum atomic E-state index is -3.62. The number of benzene rings is 1. The van der Waals surface area contributed by atoms with Gasteiger partial charge in [0.05, 0.1) is 10.4 Å². The van der Waals surface area contributed by atoms with E-state index in [1.807, 2.05) is 13.8 Å². The molecule has 0 heterocycles. The zero-order valence-electron chi connectivity index (χ0n) is 10.4. The minimum Gasteiger partial charge on any atom is -0.207 e. The Bertz CT molecular complexity index is 539. The van der Waals surface area contributed by atoms with Crippen molar-refractivity contribution in [1.82, 2.24) is 4.72 Å². The Balaban J connectivity index is 3.09. The Labute approximate surface area is 114 Å². The van der Waals surface area contributed by atoms with E-state index in [4.69, 9.17) is 18.0 Å². The summed E-state index contributed by atoms with van der Waals surface area (Å²) in [6.07, 6.45) is 6.51. The number of halogens is 1. The van der Waals surface area contributed by atoms with Gasteiger partial charge in [-0.2, -0.15) is 4.72 Å². The van der Waals surface area contributed by atoms with E-state index in [1.165, 1.54) is 24.3 Å². The number of sulfonamides is 1. The predicted molar refractivity (Wildman–Crippen MR) is 73.9 cm³/mol. The summed E-state index contributed by atoms with van der Waals surface area (Å²) < 4.78 is 27.0. The van der Waals surface area contributed by atoms with Crippen molar-refractivity contribution in [3.05, 3.63) is 29.3 Å². The topological polar surface area (TPSA) is 46.2 Å². The van der Waals surface area contributed by atoms with Gasteiger partial charge in [0, 0.05) is 5.02 Å². The Morgan fingerprint density at radius 3 is 2.17 bits per heavy atom. The summed E-state index contributed by atoms with van der Waals surface area (Å²) in [6.45, 7) is 3.71. The summed E-state index contributed by atoms with van der Waals surface area (Å²) in [4.78, 5) is 0.161. The molecule has 0 aliphatic carbocycles. The number of hydrogen-bond donors (Lipinski definition) is 1. The van der Waals surface area contributed by atoms with Crippen LogP contribution >= 0.6 is 11.6 Å². The lowest BCUT2D eigenvalue weighted by molar-refractivity contribution is 0.451. The number of terminal acetylenes is 1. The maximum absolute atomic E-state index is 12.2. The first-order valence-electron chi connectivity index (χ1n) is 5.66. The molecule has 0 aliphatic heterocycles. The lowest BCUT2D eigenvalue weighted by Gasteiger charge is -2.26. The first-order chi connectivity index (χ1) is 8.39. The van der Waals surface area contributed by atoms with E-state index in [9.17, 15) is 8.42 Å². The second-order valence-corrected chi connectivity index (χ2v) is 6.11. The van der Waals surface area contributed by atoms with Crippen LogP contribution in [0.3, 0.4) is 0 Å². The SMILES string of the molecule is C#CC(CC)(CC)NS(=O)(=O)c1ccc(Cl)cc1. The van der Waals surface area contributed by atoms with Crippen LogP contribution in [-0.2, 0) is 10.0 Å². The summed E-state index contributed by atoms with van der Waals surface area (Å²) in [7, 11) is -3.62. The highest BCUT2D eigenvalue weighted by atomic mass is 35.5. The lowest BCUT2D eigenvalue weighted by Crippen LogP contribution is -2.46. The van der Waals surface area contributed by atoms with Gasteiger partial charge in [-0.05, 0) is 37.1 Å². The summed E-state index contributed by atoms with van der Waals surface area (Å²) in [6, 6.07) is 5.98. The van der Waals surface area contributed by atoms with E-state index in [2.05, 4.69) is 10.6 Å². The Kier molecular flexibility index (Phi) is 4.80. The van der Waals surface area contributed by atoms with Crippen LogP contribution < -0.4 is 4.72 Å². The molecule has 0 saturated heterocycles. The van der Waals surface area contributed by atoms with Crippen molar-refractivity contribution in [2.75, 3.05) is 0 Å². The zero-order valence-corrected chi connectivity index (χ0v) is 12.0. The Morgan fingerprint density at radius 2 is 1.78 bits per heavy atom. The van der Waals surface area contributed by atoms with Gasteiger partial charge in [-0.15, -0.1) is 6.42 Å². The monoisotopic (exact) mass is 285 g/mol. The van der Waals surface area contributed by atoms with Gasteiger partial charge in [0.2, 0.25) is 10.0 Å². The zero-order chi connectivity index (χ0) is 13.8. The fourth-order valence-electron chi connectivity index (χ4n) is 1.56. The van der Waals surface area contributed by atoms with Crippen LogP contribution in [0.5, 0.6) is 0 Å². The van der Waals surface area contributed by atoms with Crippen molar-refractivity contribution < 1.29 is 8.42 Å². The van der Waals surface area contributed by atoms with Crippen LogP contribution in [0.15, 0.2) is 29.2 Å². The molecular formula is C13H16ClNO2S. The molecule has 0 saturated carbocycles. The van der Waals surface area contributed by atoms with Crippen LogP contribution in [0.1, 0.15) is 26.7 Å². The lowest BCUT2D eigenvalue weighted by atomic mass is 9.96. The Hall–Kier alpha value is -1.02. The fraction of sp³-hybridized carbons (Fsp3) is 0.385. The van der Waals surface area contributed by atoms with Crippen molar-refractivity contribution in [3.63, 3.8) is 0 Å². The van der Waals surface area contributed by atoms with E-state index in [0.29, 0.717) is 17.9 Å². The maximum Gasteiger partial charge on any atom is 0.241 e. The van der Waals surface area contributed by atoms with Crippen molar-refractivity contribution in [2.45, 2.75) is 37.1 Å². The molecule has 1 aromatic rings. The minimum absolute atomic E-state index is 0.161. The largest absolute Gasteiger partial charge is 0.241 e. The van der Waals surface area contributed by atoms with Gasteiger partial charge in [0.1, 0.15) is 0 Å². The van der Waals surface area contributed by atoms with Gasteiger partial charge in [-0.3, -0.25) is 0 Å². The summed E-state index contributed by atoms with van der Waals surface area (Å²) in [5.74, 6) is 2.54. The summed E-state index contributed by atoms with van der Waals surface area (Å²) in [5.41, 5.74) is -0.835. The number of rotatable bonds is 5. The van der Waals surface area contributed by atoms with Crippen LogP contribution in [0, 0.1) is 12.3 Å². The molecule has 1 N–H and O–H groups in total. The third-order valence-corrected chi connectivity index (χ3v) is 4.74. The highest BCUT2D eigenvalue weighted by molar-refractivity contribution is 7.89. The number of nitrogens with one attached hydrogen (secondary N) is 1. The standard InChI is InChI=1S/C13H16ClNO2S/c1-4-13(5-2,6-3)15-18(16,17)12-9-7-11(14)8-10-12/h1,7-10,15H,5-6H2,2-3H3. The van der Waals surface area contributed by atoms with Gasteiger partial charge >= 0.3 is 0 Å². The molecule has 0 unspecified atom stereocenters. The molecule has 0 bridgehead atoms. The first-order valence-corrected chi connectivity index (χ1v) is 7.52. The Morgan fingerprint density at radius 1 is 1.28 bits per heavy atom. The molecule has 5 heteroatoms. The molecule has 0 fully saturated rings. The highest BCUT2D eigenvalue weighted by Gasteiger charge is 2.29. The summed E-state index contributed by atoms with van der Waals surface area (Å²) in [5, 5.41) is 0.489. The molecule has 0 spiro atoms. The van der Waals surface area contributed by atoms with Crippen molar-refractivity contribution >= 4 is 21.6 Å². The van der Waals surface area contributed by atoms with Crippen molar-refractivity contribution in [1.29, 1.82) is 0 Å². The van der Waals surface area contributed by atoms with E-state index in [0.717, 1.165) is 0 Å². The molecule has 0 atom stereocenters. The van der Waals surface area contributed by atoms with Crippen LogP contribution in [-0.4, -0.2) is 14.0 Å². The molecule has 0 aliphatic rings. The van der Waals surface area contributed by atoms with Crippen LogP contribution in [0.4, 0.5) is 0 Å². The molecule has 3 nitrogen and oxygen atoms in total. The smallest absolute Gasteiger partial charge is 0.207 e. The normalized spacial score (nSPS) is 12.1. The molecule has 98 valence electrons. The molecule has 18 heavy (non-hydrogen) atoms. The van der Waals surface area contributed by atoms with E-state index >= 15 is 0 Å². The van der Waals surface area contributed by atoms with Gasteiger partial charge in [0.25, 0.3) is 0 Å². The molecule has 0 aromatic heterocycles. The van der Waals surface area contributed by atoms with Crippen LogP contribution in [0.25, 0.3) is 0 Å². The third kappa shape index (κ3) is 3.26. The fourth-order valence-corrected chi connectivity index (χ4v) is 3.16. The molecule has 0 radical (unpaired) electrons. The second kappa shape index (κ2) is 5.75. The van der Waals surface area contributed by atoms with Crippen molar-refractivity contribution in [3.8, 4) is 12.3 Å². The molecule has 1 rings (SSSR count). The van der Waals surface area contributed by atoms with Gasteiger partial charge in [-0.25, -0.2) is 8.42 Å². The highest BCUT2D eigenvalue weighted by Crippen LogP contribution is 2.20. The molecule has 1 aromatic carbocycles. The predicted octanol–water partition coefficient (Wildman–Crippen LogP) is 2.81. The summed E-state index contributed by atoms with van der Waals surface area (Å²) >= 11 is 5.73. The first kappa shape index (κ1) is 15.0. The average Bonchev–Trinajstić information content (AvgIpc) is 2.37. The average molecular weight is 286 g/mol. The quantitative estimate of drug-likeness (QED) is 0.846. The van der Waals surface area contributed by atoms with Gasteiger partial charge < -0.3 is 0 Å². The number of hydrogen-bond acceptors (Lipinski definition) is 2. The van der Waals surface area contributed by atoms with E-state index < -0.39 is 15.6 Å². The molecule has 0 amide bonds. The van der Waals surface area contributed by atoms with E-state index in [1.54, 1.807) is 0 Å². The van der Waals surface area contributed by atoms with Crippen LogP contribution in [0.2, 0.25) is 5.02 Å². The molecular weight excluding hydrogens is 270 g/mol. The maximum atomic E-state index is 12.2. The van der Waals surface area contributed by atoms with E-state index in [-0.39, 0.29) is 4.90 Å². The third-order valence-electron chi connectivity index (χ3n) is 2.94. The van der Waals surface area contributed by atoms with Gasteiger partial charge in [-0.1, -0.05) is 31.4 Å². The van der Waals surface area contributed by atoms with Gasteiger partial charge in [0.15, 0.2) is 0 Å².